The van der Waals surface area contributed by atoms with Crippen molar-refractivity contribution < 1.29 is 4.42 Å². The van der Waals surface area contributed by atoms with Crippen molar-refractivity contribution in [2.75, 3.05) is 4.90 Å². The Balaban J connectivity index is 1.27. The summed E-state index contributed by atoms with van der Waals surface area (Å²) in [4.78, 5) is 2.43. The lowest BCUT2D eigenvalue weighted by molar-refractivity contribution is 0.669. The van der Waals surface area contributed by atoms with Crippen LogP contribution < -0.4 is 4.90 Å². The van der Waals surface area contributed by atoms with Crippen molar-refractivity contribution in [2.24, 2.45) is 0 Å². The van der Waals surface area contributed by atoms with E-state index in [0.717, 1.165) is 50.1 Å². The molecule has 0 unspecified atom stereocenters. The first-order chi connectivity index (χ1) is 25.8. The van der Waals surface area contributed by atoms with Gasteiger partial charge in [-0.25, -0.2) is 0 Å². The molecule has 10 rings (SSSR count). The maximum Gasteiger partial charge on any atom is 0.137 e. The van der Waals surface area contributed by atoms with E-state index in [9.17, 15) is 0 Å². The number of nitrogens with zero attached hydrogens (tertiary/aromatic N) is 1. The lowest BCUT2D eigenvalue weighted by atomic mass is 9.90. The van der Waals surface area contributed by atoms with Crippen molar-refractivity contribution in [3.8, 4) is 33.4 Å². The highest BCUT2D eigenvalue weighted by molar-refractivity contribution is 6.15. The fourth-order valence-electron chi connectivity index (χ4n) is 7.96. The summed E-state index contributed by atoms with van der Waals surface area (Å²) >= 11 is 0. The van der Waals surface area contributed by atoms with Crippen LogP contribution in [0.4, 0.5) is 17.1 Å². The van der Waals surface area contributed by atoms with E-state index in [-0.39, 0.29) is 0 Å². The van der Waals surface area contributed by atoms with Gasteiger partial charge >= 0.3 is 0 Å². The van der Waals surface area contributed by atoms with Crippen molar-refractivity contribution in [1.29, 1.82) is 0 Å². The standard InChI is InChI=1S/C50H33NO/c1-2-15-35(16-3-1)41-27-12-19-36-20-13-28-43(49(36)41)42-24-6-8-29-45(42)51(46-30-14-32-48-50(46)44-25-7-9-31-47(44)52-48)38-22-10-21-37(33-38)40-26-11-18-34-17-4-5-23-39(34)40/h1-33H. The van der Waals surface area contributed by atoms with Crippen molar-refractivity contribution in [2.45, 2.75) is 0 Å². The van der Waals surface area contributed by atoms with E-state index in [4.69, 9.17) is 4.42 Å². The first kappa shape index (κ1) is 30.0. The Morgan fingerprint density at radius 2 is 0.904 bits per heavy atom. The quantitative estimate of drug-likeness (QED) is 0.176. The average Bonchev–Trinajstić information content (AvgIpc) is 3.60. The van der Waals surface area contributed by atoms with Gasteiger partial charge in [0.05, 0.1) is 16.8 Å². The van der Waals surface area contributed by atoms with Gasteiger partial charge < -0.3 is 9.32 Å². The Bertz CT molecular complexity index is 2910. The summed E-state index contributed by atoms with van der Waals surface area (Å²) in [5.74, 6) is 0. The molecule has 0 atom stereocenters. The number of anilines is 3. The highest BCUT2D eigenvalue weighted by Crippen LogP contribution is 2.48. The van der Waals surface area contributed by atoms with Gasteiger partial charge in [0.2, 0.25) is 0 Å². The van der Waals surface area contributed by atoms with Crippen LogP contribution in [0.3, 0.4) is 0 Å². The molecule has 0 bridgehead atoms. The SMILES string of the molecule is c1ccc(-c2cccc3cccc(-c4ccccc4N(c4cccc(-c5cccc6ccccc56)c4)c4cccc5oc6ccccc6c45)c23)cc1. The van der Waals surface area contributed by atoms with Crippen LogP contribution in [0.2, 0.25) is 0 Å². The number of para-hydroxylation sites is 2. The minimum Gasteiger partial charge on any atom is -0.456 e. The average molecular weight is 664 g/mol. The highest BCUT2D eigenvalue weighted by atomic mass is 16.3. The molecule has 0 spiro atoms. The lowest BCUT2D eigenvalue weighted by Gasteiger charge is -2.29. The number of hydrogen-bond donors (Lipinski definition) is 0. The smallest absolute Gasteiger partial charge is 0.137 e. The van der Waals surface area contributed by atoms with Gasteiger partial charge in [-0.1, -0.05) is 164 Å². The third-order valence-corrected chi connectivity index (χ3v) is 10.3. The predicted molar refractivity (Wildman–Crippen MR) is 220 cm³/mol. The number of benzene rings is 9. The van der Waals surface area contributed by atoms with E-state index in [1.807, 2.05) is 6.07 Å². The van der Waals surface area contributed by atoms with E-state index < -0.39 is 0 Å². The van der Waals surface area contributed by atoms with Gasteiger partial charge in [0, 0.05) is 16.6 Å². The summed E-state index contributed by atoms with van der Waals surface area (Å²) in [6.45, 7) is 0. The summed E-state index contributed by atoms with van der Waals surface area (Å²) in [6, 6.07) is 71.7. The number of furan rings is 1. The highest BCUT2D eigenvalue weighted by Gasteiger charge is 2.23. The molecular weight excluding hydrogens is 631 g/mol. The van der Waals surface area contributed by atoms with Gasteiger partial charge in [-0.15, -0.1) is 0 Å². The van der Waals surface area contributed by atoms with Gasteiger partial charge in [-0.05, 0) is 85.8 Å². The van der Waals surface area contributed by atoms with E-state index in [1.165, 1.54) is 43.8 Å². The largest absolute Gasteiger partial charge is 0.456 e. The van der Waals surface area contributed by atoms with Gasteiger partial charge in [0.1, 0.15) is 11.2 Å². The molecule has 9 aromatic carbocycles. The zero-order chi connectivity index (χ0) is 34.4. The Hall–Kier alpha value is -6.90. The van der Waals surface area contributed by atoms with Crippen molar-refractivity contribution >= 4 is 60.5 Å². The maximum absolute atomic E-state index is 6.47. The molecule has 0 aliphatic carbocycles. The third kappa shape index (κ3) is 4.96. The van der Waals surface area contributed by atoms with E-state index in [0.29, 0.717) is 0 Å². The Labute approximate surface area is 302 Å². The van der Waals surface area contributed by atoms with Gasteiger partial charge in [-0.2, -0.15) is 0 Å². The zero-order valence-electron chi connectivity index (χ0n) is 28.4. The Kier molecular flexibility index (Phi) is 7.18. The summed E-state index contributed by atoms with van der Waals surface area (Å²) in [5.41, 5.74) is 12.1. The molecule has 2 nitrogen and oxygen atoms in total. The van der Waals surface area contributed by atoms with Crippen LogP contribution in [0.1, 0.15) is 0 Å². The topological polar surface area (TPSA) is 16.4 Å². The third-order valence-electron chi connectivity index (χ3n) is 10.3. The summed E-state index contributed by atoms with van der Waals surface area (Å²) < 4.78 is 6.47. The molecule has 0 saturated heterocycles. The summed E-state index contributed by atoms with van der Waals surface area (Å²) in [6.07, 6.45) is 0. The fourth-order valence-corrected chi connectivity index (χ4v) is 7.96. The van der Waals surface area contributed by atoms with Crippen molar-refractivity contribution in [3.05, 3.63) is 200 Å². The van der Waals surface area contributed by atoms with Gasteiger partial charge in [0.15, 0.2) is 0 Å². The van der Waals surface area contributed by atoms with Crippen LogP contribution in [0.25, 0.3) is 76.9 Å². The minimum atomic E-state index is 0.864. The molecule has 0 radical (unpaired) electrons. The second-order valence-corrected chi connectivity index (χ2v) is 13.3. The number of rotatable bonds is 6. The van der Waals surface area contributed by atoms with Gasteiger partial charge in [-0.3, -0.25) is 0 Å². The van der Waals surface area contributed by atoms with Crippen LogP contribution in [-0.2, 0) is 0 Å². The molecule has 1 heterocycles. The molecule has 0 saturated carbocycles. The minimum absolute atomic E-state index is 0.864. The first-order valence-electron chi connectivity index (χ1n) is 17.8. The molecule has 0 aliphatic heterocycles. The molecule has 0 aliphatic rings. The van der Waals surface area contributed by atoms with Crippen LogP contribution in [0, 0.1) is 0 Å². The molecular formula is C50H33NO. The van der Waals surface area contributed by atoms with Crippen LogP contribution in [0.5, 0.6) is 0 Å². The van der Waals surface area contributed by atoms with Crippen molar-refractivity contribution in [3.63, 3.8) is 0 Å². The molecule has 0 fully saturated rings. The molecule has 0 N–H and O–H groups in total. The first-order valence-corrected chi connectivity index (χ1v) is 17.8. The Morgan fingerprint density at radius 3 is 1.79 bits per heavy atom. The normalized spacial score (nSPS) is 11.5. The second kappa shape index (κ2) is 12.5. The lowest BCUT2D eigenvalue weighted by Crippen LogP contribution is -2.12. The molecule has 244 valence electrons. The van der Waals surface area contributed by atoms with Crippen LogP contribution in [0.15, 0.2) is 205 Å². The predicted octanol–water partition coefficient (Wildman–Crippen LogP) is 14.4. The maximum atomic E-state index is 6.47. The number of hydrogen-bond acceptors (Lipinski definition) is 2. The molecule has 0 amide bonds. The molecule has 2 heteroatoms. The van der Waals surface area contributed by atoms with E-state index in [2.05, 4.69) is 199 Å². The summed E-state index contributed by atoms with van der Waals surface area (Å²) in [5, 5.41) is 7.10. The summed E-state index contributed by atoms with van der Waals surface area (Å²) in [7, 11) is 0. The van der Waals surface area contributed by atoms with E-state index >= 15 is 0 Å². The zero-order valence-corrected chi connectivity index (χ0v) is 28.4. The van der Waals surface area contributed by atoms with E-state index in [1.54, 1.807) is 0 Å². The van der Waals surface area contributed by atoms with Gasteiger partial charge in [0.25, 0.3) is 0 Å². The van der Waals surface area contributed by atoms with Crippen LogP contribution in [-0.4, -0.2) is 0 Å². The Morgan fingerprint density at radius 1 is 0.327 bits per heavy atom. The molecule has 1 aromatic heterocycles. The fraction of sp³-hybridized carbons (Fsp3) is 0. The van der Waals surface area contributed by atoms with Crippen molar-refractivity contribution in [1.82, 2.24) is 0 Å². The van der Waals surface area contributed by atoms with Crippen LogP contribution >= 0.6 is 0 Å². The second-order valence-electron chi connectivity index (χ2n) is 13.3. The molecule has 10 aromatic rings. The molecule has 52 heavy (non-hydrogen) atoms. The monoisotopic (exact) mass is 663 g/mol. The number of fused-ring (bicyclic) bond motifs is 5.